The number of rotatable bonds is 9. The van der Waals surface area contributed by atoms with E-state index in [0.29, 0.717) is 6.04 Å². The quantitative estimate of drug-likeness (QED) is 0.682. The fourth-order valence-corrected chi connectivity index (χ4v) is 3.83. The highest BCUT2D eigenvalue weighted by atomic mass is 32.2. The molecule has 0 spiro atoms. The summed E-state index contributed by atoms with van der Waals surface area (Å²) >= 11 is 4.05. The maximum atomic E-state index is 3.60. The van der Waals surface area contributed by atoms with Crippen molar-refractivity contribution < 1.29 is 0 Å². The van der Waals surface area contributed by atoms with E-state index in [4.69, 9.17) is 0 Å². The molecule has 17 heavy (non-hydrogen) atoms. The summed E-state index contributed by atoms with van der Waals surface area (Å²) in [6.45, 7) is 7.75. The van der Waals surface area contributed by atoms with Crippen molar-refractivity contribution in [1.82, 2.24) is 5.32 Å². The number of aryl methyl sites for hydroxylation is 1. The van der Waals surface area contributed by atoms with Gasteiger partial charge in [0, 0.05) is 21.5 Å². The van der Waals surface area contributed by atoms with E-state index in [0.717, 1.165) is 6.54 Å². The van der Waals surface area contributed by atoms with E-state index in [1.165, 1.54) is 40.5 Å². The molecule has 98 valence electrons. The third-order valence-corrected chi connectivity index (χ3v) is 5.26. The zero-order chi connectivity index (χ0) is 12.5. The lowest BCUT2D eigenvalue weighted by Crippen LogP contribution is -2.33. The number of hydrogen-bond donors (Lipinski definition) is 1. The summed E-state index contributed by atoms with van der Waals surface area (Å²) in [5.41, 5.74) is 0. The number of thiophene rings is 1. The van der Waals surface area contributed by atoms with Crippen LogP contribution in [0.3, 0.4) is 0 Å². The first-order valence-electron chi connectivity index (χ1n) is 6.68. The maximum absolute atomic E-state index is 3.60. The second kappa shape index (κ2) is 9.01. The monoisotopic (exact) mass is 271 g/mol. The van der Waals surface area contributed by atoms with Crippen LogP contribution in [0.25, 0.3) is 0 Å². The summed E-state index contributed by atoms with van der Waals surface area (Å²) < 4.78 is 0. The molecule has 1 aromatic rings. The van der Waals surface area contributed by atoms with Crippen LogP contribution in [0.5, 0.6) is 0 Å². The Bertz CT molecular complexity index is 296. The molecule has 0 amide bonds. The third kappa shape index (κ3) is 5.94. The summed E-state index contributed by atoms with van der Waals surface area (Å²) in [6, 6.07) is 5.22. The van der Waals surface area contributed by atoms with Crippen molar-refractivity contribution in [2.45, 2.75) is 46.1 Å². The topological polar surface area (TPSA) is 12.0 Å². The van der Waals surface area contributed by atoms with Crippen LogP contribution < -0.4 is 5.32 Å². The van der Waals surface area contributed by atoms with E-state index in [9.17, 15) is 0 Å². The second-order valence-electron chi connectivity index (χ2n) is 4.26. The Morgan fingerprint density at radius 3 is 2.59 bits per heavy atom. The van der Waals surface area contributed by atoms with E-state index in [1.54, 1.807) is 0 Å². The molecule has 0 aliphatic heterocycles. The zero-order valence-corrected chi connectivity index (χ0v) is 12.9. The number of likely N-dealkylation sites (N-methyl/N-ethyl adjacent to an activating group) is 1. The lowest BCUT2D eigenvalue weighted by atomic mass is 10.2. The highest BCUT2D eigenvalue weighted by Crippen LogP contribution is 2.19. The first-order chi connectivity index (χ1) is 8.30. The molecule has 0 radical (unpaired) electrons. The molecular weight excluding hydrogens is 246 g/mol. The predicted octanol–water partition coefficient (Wildman–Crippen LogP) is 3.97. The molecule has 0 aromatic carbocycles. The molecule has 0 saturated heterocycles. The van der Waals surface area contributed by atoms with Crippen molar-refractivity contribution in [3.8, 4) is 0 Å². The van der Waals surface area contributed by atoms with Gasteiger partial charge in [0.1, 0.15) is 0 Å². The van der Waals surface area contributed by atoms with Gasteiger partial charge in [0.15, 0.2) is 0 Å². The van der Waals surface area contributed by atoms with Crippen molar-refractivity contribution >= 4 is 23.1 Å². The van der Waals surface area contributed by atoms with Gasteiger partial charge in [0.25, 0.3) is 0 Å². The summed E-state index contributed by atoms with van der Waals surface area (Å²) in [6.07, 6.45) is 3.64. The van der Waals surface area contributed by atoms with Gasteiger partial charge in [0.05, 0.1) is 0 Å². The van der Waals surface area contributed by atoms with Crippen LogP contribution in [0.1, 0.15) is 36.9 Å². The standard InChI is InChI=1S/C14H25NS2/c1-4-9-16-11-12(15-6-3)10-14-8-7-13(5-2)17-14/h7-8,12,15H,4-6,9-11H2,1-3H3. The molecule has 3 heteroatoms. The van der Waals surface area contributed by atoms with E-state index in [2.05, 4.69) is 50.0 Å². The van der Waals surface area contributed by atoms with Crippen LogP contribution in [0.15, 0.2) is 12.1 Å². The minimum absolute atomic E-state index is 0.639. The first kappa shape index (κ1) is 15.1. The third-order valence-electron chi connectivity index (χ3n) is 2.67. The fourth-order valence-electron chi connectivity index (χ4n) is 1.81. The summed E-state index contributed by atoms with van der Waals surface area (Å²) in [4.78, 5) is 3.04. The normalized spacial score (nSPS) is 12.9. The Morgan fingerprint density at radius 1 is 1.24 bits per heavy atom. The van der Waals surface area contributed by atoms with Gasteiger partial charge < -0.3 is 5.32 Å². The largest absolute Gasteiger partial charge is 0.313 e. The van der Waals surface area contributed by atoms with Crippen LogP contribution in [0.4, 0.5) is 0 Å². The molecule has 1 atom stereocenters. The lowest BCUT2D eigenvalue weighted by molar-refractivity contribution is 0.576. The van der Waals surface area contributed by atoms with Gasteiger partial charge in [-0.15, -0.1) is 11.3 Å². The molecule has 1 aromatic heterocycles. The van der Waals surface area contributed by atoms with Gasteiger partial charge in [-0.05, 0) is 43.7 Å². The van der Waals surface area contributed by atoms with E-state index >= 15 is 0 Å². The van der Waals surface area contributed by atoms with Crippen LogP contribution in [-0.4, -0.2) is 24.1 Å². The van der Waals surface area contributed by atoms with Gasteiger partial charge in [-0.1, -0.05) is 20.8 Å². The Hall–Kier alpha value is 0.01000. The van der Waals surface area contributed by atoms with Crippen LogP contribution in [0, 0.1) is 0 Å². The molecule has 0 saturated carbocycles. The molecule has 1 N–H and O–H groups in total. The predicted molar refractivity (Wildman–Crippen MR) is 82.5 cm³/mol. The van der Waals surface area contributed by atoms with E-state index < -0.39 is 0 Å². The highest BCUT2D eigenvalue weighted by Gasteiger charge is 2.09. The minimum atomic E-state index is 0.639. The highest BCUT2D eigenvalue weighted by molar-refractivity contribution is 7.99. The molecule has 0 aliphatic carbocycles. The molecular formula is C14H25NS2. The van der Waals surface area contributed by atoms with Crippen molar-refractivity contribution in [2.24, 2.45) is 0 Å². The van der Waals surface area contributed by atoms with Gasteiger partial charge in [-0.2, -0.15) is 11.8 Å². The number of thioether (sulfide) groups is 1. The molecule has 0 fully saturated rings. The molecule has 1 heterocycles. The molecule has 1 rings (SSSR count). The van der Waals surface area contributed by atoms with Gasteiger partial charge in [-0.3, -0.25) is 0 Å². The SMILES string of the molecule is CCCSCC(Cc1ccc(CC)s1)NCC. The Morgan fingerprint density at radius 2 is 2.00 bits per heavy atom. The van der Waals surface area contributed by atoms with Crippen molar-refractivity contribution in [3.63, 3.8) is 0 Å². The van der Waals surface area contributed by atoms with Crippen LogP contribution in [0.2, 0.25) is 0 Å². The van der Waals surface area contributed by atoms with Gasteiger partial charge in [0.2, 0.25) is 0 Å². The summed E-state index contributed by atoms with van der Waals surface area (Å²) in [5, 5.41) is 3.60. The van der Waals surface area contributed by atoms with Crippen LogP contribution in [-0.2, 0) is 12.8 Å². The smallest absolute Gasteiger partial charge is 0.0206 e. The lowest BCUT2D eigenvalue weighted by Gasteiger charge is -2.16. The van der Waals surface area contributed by atoms with Crippen molar-refractivity contribution in [2.75, 3.05) is 18.1 Å². The minimum Gasteiger partial charge on any atom is -0.313 e. The Labute approximate surface area is 114 Å². The van der Waals surface area contributed by atoms with E-state index in [-0.39, 0.29) is 0 Å². The van der Waals surface area contributed by atoms with E-state index in [1.807, 2.05) is 11.3 Å². The molecule has 0 bridgehead atoms. The van der Waals surface area contributed by atoms with Crippen molar-refractivity contribution in [1.29, 1.82) is 0 Å². The first-order valence-corrected chi connectivity index (χ1v) is 8.65. The summed E-state index contributed by atoms with van der Waals surface area (Å²) in [5.74, 6) is 2.52. The van der Waals surface area contributed by atoms with Gasteiger partial charge in [-0.25, -0.2) is 0 Å². The van der Waals surface area contributed by atoms with Crippen LogP contribution >= 0.6 is 23.1 Å². The average molecular weight is 271 g/mol. The number of nitrogens with one attached hydrogen (secondary N) is 1. The Kier molecular flexibility index (Phi) is 7.99. The summed E-state index contributed by atoms with van der Waals surface area (Å²) in [7, 11) is 0. The molecule has 1 nitrogen and oxygen atoms in total. The Balaban J connectivity index is 2.41. The second-order valence-corrected chi connectivity index (χ2v) is 6.66. The molecule has 1 unspecified atom stereocenters. The van der Waals surface area contributed by atoms with Crippen molar-refractivity contribution in [3.05, 3.63) is 21.9 Å². The average Bonchev–Trinajstić information content (AvgIpc) is 2.77. The molecule has 0 aliphatic rings. The van der Waals surface area contributed by atoms with Gasteiger partial charge >= 0.3 is 0 Å². The fraction of sp³-hybridized carbons (Fsp3) is 0.714. The maximum Gasteiger partial charge on any atom is 0.0206 e. The zero-order valence-electron chi connectivity index (χ0n) is 11.3. The number of hydrogen-bond acceptors (Lipinski definition) is 3.